The van der Waals surface area contributed by atoms with Crippen LogP contribution in [-0.2, 0) is 6.54 Å². The predicted octanol–water partition coefficient (Wildman–Crippen LogP) is 3.34. The van der Waals surface area contributed by atoms with Crippen molar-refractivity contribution in [2.24, 2.45) is 5.73 Å². The molecule has 20 heavy (non-hydrogen) atoms. The number of rotatable bonds is 3. The summed E-state index contributed by atoms with van der Waals surface area (Å²) < 4.78 is 13.5. The SMILES string of the molecule is NCc1cc(-c2cnc(-c3ccccc3)[nH]2)ccc1F. The molecule has 0 saturated carbocycles. The predicted molar refractivity (Wildman–Crippen MR) is 77.3 cm³/mol. The van der Waals surface area contributed by atoms with Gasteiger partial charge in [-0.1, -0.05) is 30.3 Å². The van der Waals surface area contributed by atoms with Crippen molar-refractivity contribution in [2.45, 2.75) is 6.54 Å². The Bertz CT molecular complexity index is 720. The van der Waals surface area contributed by atoms with Crippen LogP contribution in [0, 0.1) is 5.82 Å². The fourth-order valence-corrected chi connectivity index (χ4v) is 2.11. The minimum Gasteiger partial charge on any atom is -0.338 e. The Balaban J connectivity index is 1.98. The lowest BCUT2D eigenvalue weighted by atomic mass is 10.1. The monoisotopic (exact) mass is 267 g/mol. The molecule has 4 heteroatoms. The number of aromatic nitrogens is 2. The second kappa shape index (κ2) is 5.27. The minimum atomic E-state index is -0.279. The summed E-state index contributed by atoms with van der Waals surface area (Å²) in [6.45, 7) is 0.180. The fraction of sp³-hybridized carbons (Fsp3) is 0.0625. The second-order valence-corrected chi connectivity index (χ2v) is 4.52. The van der Waals surface area contributed by atoms with Gasteiger partial charge in [-0.3, -0.25) is 0 Å². The molecule has 0 amide bonds. The van der Waals surface area contributed by atoms with E-state index in [-0.39, 0.29) is 12.4 Å². The van der Waals surface area contributed by atoms with Gasteiger partial charge in [0.05, 0.1) is 11.9 Å². The maximum atomic E-state index is 13.5. The first kappa shape index (κ1) is 12.6. The number of nitrogens with two attached hydrogens (primary N) is 1. The molecule has 3 N–H and O–H groups in total. The van der Waals surface area contributed by atoms with Crippen LogP contribution in [0.1, 0.15) is 5.56 Å². The van der Waals surface area contributed by atoms with Crippen LogP contribution in [0.3, 0.4) is 0 Å². The van der Waals surface area contributed by atoms with Crippen LogP contribution in [0.25, 0.3) is 22.6 Å². The molecule has 0 aliphatic rings. The molecule has 0 atom stereocenters. The molecule has 0 radical (unpaired) electrons. The maximum Gasteiger partial charge on any atom is 0.137 e. The molecule has 100 valence electrons. The van der Waals surface area contributed by atoms with E-state index < -0.39 is 0 Å². The van der Waals surface area contributed by atoms with Crippen LogP contribution in [0.5, 0.6) is 0 Å². The maximum absolute atomic E-state index is 13.5. The van der Waals surface area contributed by atoms with Crippen molar-refractivity contribution < 1.29 is 4.39 Å². The third-order valence-corrected chi connectivity index (χ3v) is 3.20. The van der Waals surface area contributed by atoms with Crippen molar-refractivity contribution in [3.8, 4) is 22.6 Å². The highest BCUT2D eigenvalue weighted by atomic mass is 19.1. The Morgan fingerprint density at radius 3 is 2.60 bits per heavy atom. The van der Waals surface area contributed by atoms with Crippen molar-refractivity contribution >= 4 is 0 Å². The van der Waals surface area contributed by atoms with Gasteiger partial charge in [0.25, 0.3) is 0 Å². The number of hydrogen-bond donors (Lipinski definition) is 2. The summed E-state index contributed by atoms with van der Waals surface area (Å²) in [6, 6.07) is 14.7. The zero-order valence-electron chi connectivity index (χ0n) is 10.8. The zero-order valence-corrected chi connectivity index (χ0v) is 10.8. The Morgan fingerprint density at radius 1 is 1.05 bits per heavy atom. The highest BCUT2D eigenvalue weighted by molar-refractivity contribution is 5.64. The number of aromatic amines is 1. The Hall–Kier alpha value is -2.46. The summed E-state index contributed by atoms with van der Waals surface area (Å²) in [5.41, 5.74) is 8.76. The summed E-state index contributed by atoms with van der Waals surface area (Å²) in [7, 11) is 0. The van der Waals surface area contributed by atoms with Crippen LogP contribution < -0.4 is 5.73 Å². The van der Waals surface area contributed by atoms with Gasteiger partial charge in [0.2, 0.25) is 0 Å². The summed E-state index contributed by atoms with van der Waals surface area (Å²) in [6.07, 6.45) is 1.75. The van der Waals surface area contributed by atoms with Gasteiger partial charge in [-0.15, -0.1) is 0 Å². The van der Waals surface area contributed by atoms with E-state index in [1.54, 1.807) is 18.3 Å². The lowest BCUT2D eigenvalue weighted by molar-refractivity contribution is 0.611. The average Bonchev–Trinajstić information content (AvgIpc) is 2.98. The van der Waals surface area contributed by atoms with Gasteiger partial charge in [0.15, 0.2) is 0 Å². The van der Waals surface area contributed by atoms with Gasteiger partial charge in [0.1, 0.15) is 11.6 Å². The summed E-state index contributed by atoms with van der Waals surface area (Å²) in [5.74, 6) is 0.512. The number of halogens is 1. The molecule has 1 heterocycles. The van der Waals surface area contributed by atoms with Crippen molar-refractivity contribution in [3.05, 3.63) is 66.1 Å². The van der Waals surface area contributed by atoms with Crippen LogP contribution in [0.4, 0.5) is 4.39 Å². The topological polar surface area (TPSA) is 54.7 Å². The van der Waals surface area contributed by atoms with Gasteiger partial charge in [-0.05, 0) is 18.2 Å². The molecule has 0 saturated heterocycles. The van der Waals surface area contributed by atoms with E-state index in [0.717, 1.165) is 22.6 Å². The van der Waals surface area contributed by atoms with E-state index in [2.05, 4.69) is 9.97 Å². The molecule has 3 nitrogen and oxygen atoms in total. The van der Waals surface area contributed by atoms with Crippen LogP contribution >= 0.6 is 0 Å². The van der Waals surface area contributed by atoms with Crippen molar-refractivity contribution in [1.82, 2.24) is 9.97 Å². The van der Waals surface area contributed by atoms with Crippen molar-refractivity contribution in [2.75, 3.05) is 0 Å². The first-order valence-corrected chi connectivity index (χ1v) is 6.37. The van der Waals surface area contributed by atoms with Crippen molar-refractivity contribution in [1.29, 1.82) is 0 Å². The Kier molecular flexibility index (Phi) is 3.31. The van der Waals surface area contributed by atoms with Crippen LogP contribution in [-0.4, -0.2) is 9.97 Å². The van der Waals surface area contributed by atoms with E-state index in [4.69, 9.17) is 5.73 Å². The standard InChI is InChI=1S/C16H14FN3/c17-14-7-6-12(8-13(14)9-18)15-10-19-16(20-15)11-4-2-1-3-5-11/h1-8,10H,9,18H2,(H,19,20). The number of nitrogens with zero attached hydrogens (tertiary/aromatic N) is 1. The highest BCUT2D eigenvalue weighted by Gasteiger charge is 2.07. The summed E-state index contributed by atoms with van der Waals surface area (Å²) >= 11 is 0. The molecular weight excluding hydrogens is 253 g/mol. The molecule has 0 aliphatic carbocycles. The van der Waals surface area contributed by atoms with Gasteiger partial charge in [-0.2, -0.15) is 0 Å². The molecule has 3 aromatic rings. The van der Waals surface area contributed by atoms with Crippen LogP contribution in [0.15, 0.2) is 54.7 Å². The molecule has 3 rings (SSSR count). The minimum absolute atomic E-state index is 0.180. The molecule has 0 fully saturated rings. The first-order chi connectivity index (χ1) is 9.78. The van der Waals surface area contributed by atoms with Gasteiger partial charge >= 0.3 is 0 Å². The van der Waals surface area contributed by atoms with Gasteiger partial charge in [-0.25, -0.2) is 9.37 Å². The second-order valence-electron chi connectivity index (χ2n) is 4.52. The third kappa shape index (κ3) is 2.33. The van der Waals surface area contributed by atoms with Crippen molar-refractivity contribution in [3.63, 3.8) is 0 Å². The lowest BCUT2D eigenvalue weighted by Gasteiger charge is -2.03. The fourth-order valence-electron chi connectivity index (χ4n) is 2.11. The normalized spacial score (nSPS) is 10.7. The zero-order chi connectivity index (χ0) is 13.9. The number of imidazole rings is 1. The molecule has 1 aromatic heterocycles. The number of benzene rings is 2. The Morgan fingerprint density at radius 2 is 1.85 bits per heavy atom. The molecule has 0 aliphatic heterocycles. The quantitative estimate of drug-likeness (QED) is 0.764. The lowest BCUT2D eigenvalue weighted by Crippen LogP contribution is -1.99. The first-order valence-electron chi connectivity index (χ1n) is 6.37. The van der Waals surface area contributed by atoms with E-state index in [9.17, 15) is 4.39 Å². The van der Waals surface area contributed by atoms with Gasteiger partial charge < -0.3 is 10.7 Å². The average molecular weight is 267 g/mol. The van der Waals surface area contributed by atoms with Gasteiger partial charge in [0, 0.05) is 23.2 Å². The number of H-pyrrole nitrogens is 1. The van der Waals surface area contributed by atoms with E-state index in [1.807, 2.05) is 30.3 Å². The van der Waals surface area contributed by atoms with E-state index in [0.29, 0.717) is 5.56 Å². The third-order valence-electron chi connectivity index (χ3n) is 3.20. The molecule has 0 bridgehead atoms. The van der Waals surface area contributed by atoms with E-state index in [1.165, 1.54) is 6.07 Å². The molecule has 2 aromatic carbocycles. The van der Waals surface area contributed by atoms with Crippen LogP contribution in [0.2, 0.25) is 0 Å². The summed E-state index contributed by atoms with van der Waals surface area (Å²) in [4.78, 5) is 7.60. The molecular formula is C16H14FN3. The number of hydrogen-bond acceptors (Lipinski definition) is 2. The van der Waals surface area contributed by atoms with E-state index >= 15 is 0 Å². The molecule has 0 spiro atoms. The number of nitrogens with one attached hydrogen (secondary N) is 1. The molecule has 0 unspecified atom stereocenters. The highest BCUT2D eigenvalue weighted by Crippen LogP contribution is 2.23. The largest absolute Gasteiger partial charge is 0.338 e. The Labute approximate surface area is 116 Å². The summed E-state index contributed by atoms with van der Waals surface area (Å²) in [5, 5.41) is 0. The smallest absolute Gasteiger partial charge is 0.137 e.